The SMILES string of the molecule is CCCCC/C=C\C/C=C\C/C=C\C/C=C\C/C=C\CCC(=O)OC[C@H](COC(=O)CCCCCCCCC/C=C\CCCCCC)OC(=O)CC/C=C\C/C=C\C/C=C\C/C=C\C/C=C\CCCCC. The maximum absolute atomic E-state index is 12.8. The third-order valence-electron chi connectivity index (χ3n) is 11.6. The van der Waals surface area contributed by atoms with Gasteiger partial charge in [-0.15, -0.1) is 0 Å². The van der Waals surface area contributed by atoms with E-state index in [9.17, 15) is 14.4 Å². The Kier molecular flexibility index (Phi) is 54.5. The van der Waals surface area contributed by atoms with Crippen LogP contribution in [0.3, 0.4) is 0 Å². The first-order chi connectivity index (χ1) is 35.0. The Morgan fingerprint density at radius 3 is 0.915 bits per heavy atom. The maximum Gasteiger partial charge on any atom is 0.306 e. The topological polar surface area (TPSA) is 78.9 Å². The van der Waals surface area contributed by atoms with E-state index >= 15 is 0 Å². The van der Waals surface area contributed by atoms with Crippen molar-refractivity contribution in [3.05, 3.63) is 134 Å². The summed E-state index contributed by atoms with van der Waals surface area (Å²) in [5, 5.41) is 0. The van der Waals surface area contributed by atoms with Crippen LogP contribution in [-0.4, -0.2) is 37.2 Å². The molecular weight excluding hydrogens is 877 g/mol. The summed E-state index contributed by atoms with van der Waals surface area (Å²) in [5.41, 5.74) is 0. The van der Waals surface area contributed by atoms with E-state index in [-0.39, 0.29) is 38.0 Å². The predicted molar refractivity (Wildman–Crippen MR) is 306 cm³/mol. The molecule has 0 aliphatic rings. The van der Waals surface area contributed by atoms with E-state index in [0.29, 0.717) is 19.3 Å². The number of hydrogen-bond donors (Lipinski definition) is 0. The average Bonchev–Trinajstić information content (AvgIpc) is 3.37. The van der Waals surface area contributed by atoms with Gasteiger partial charge in [-0.2, -0.15) is 0 Å². The fraction of sp³-hybridized carbons (Fsp3) is 0.615. The minimum absolute atomic E-state index is 0.137. The molecule has 6 nitrogen and oxygen atoms in total. The van der Waals surface area contributed by atoms with Crippen LogP contribution < -0.4 is 0 Å². The molecule has 0 aromatic heterocycles. The van der Waals surface area contributed by atoms with Crippen LogP contribution in [0.15, 0.2) is 134 Å². The Balaban J connectivity index is 4.64. The van der Waals surface area contributed by atoms with Gasteiger partial charge in [-0.25, -0.2) is 0 Å². The summed E-state index contributed by atoms with van der Waals surface area (Å²) >= 11 is 0. The molecule has 0 N–H and O–H groups in total. The number of unbranched alkanes of at least 4 members (excludes halogenated alkanes) is 17. The summed E-state index contributed by atoms with van der Waals surface area (Å²) < 4.78 is 16.7. The molecule has 0 radical (unpaired) electrons. The fourth-order valence-corrected chi connectivity index (χ4v) is 7.28. The molecule has 0 aromatic rings. The zero-order valence-corrected chi connectivity index (χ0v) is 45.7. The van der Waals surface area contributed by atoms with Crippen molar-refractivity contribution in [3.63, 3.8) is 0 Å². The molecule has 0 rings (SSSR count). The minimum Gasteiger partial charge on any atom is -0.462 e. The van der Waals surface area contributed by atoms with Gasteiger partial charge in [-0.05, 0) is 122 Å². The number of allylic oxidation sites excluding steroid dienone is 22. The Labute approximate surface area is 436 Å². The number of carbonyl (C=O) groups is 3. The Morgan fingerprint density at radius 2 is 0.535 bits per heavy atom. The highest BCUT2D eigenvalue weighted by molar-refractivity contribution is 5.71. The van der Waals surface area contributed by atoms with Gasteiger partial charge in [-0.3, -0.25) is 14.4 Å². The van der Waals surface area contributed by atoms with Crippen molar-refractivity contribution in [1.82, 2.24) is 0 Å². The second-order valence-corrected chi connectivity index (χ2v) is 18.5. The average molecular weight is 982 g/mol. The van der Waals surface area contributed by atoms with Gasteiger partial charge in [0, 0.05) is 19.3 Å². The summed E-state index contributed by atoms with van der Waals surface area (Å²) in [6.07, 6.45) is 81.7. The van der Waals surface area contributed by atoms with Crippen molar-refractivity contribution in [1.29, 1.82) is 0 Å². The van der Waals surface area contributed by atoms with E-state index in [1.165, 1.54) is 116 Å². The highest BCUT2D eigenvalue weighted by Crippen LogP contribution is 2.12. The van der Waals surface area contributed by atoms with Gasteiger partial charge < -0.3 is 14.2 Å². The number of carbonyl (C=O) groups excluding carboxylic acids is 3. The van der Waals surface area contributed by atoms with Crippen LogP contribution in [0.2, 0.25) is 0 Å². The predicted octanol–water partition coefficient (Wildman–Crippen LogP) is 19.4. The lowest BCUT2D eigenvalue weighted by Crippen LogP contribution is -2.30. The second-order valence-electron chi connectivity index (χ2n) is 18.5. The highest BCUT2D eigenvalue weighted by atomic mass is 16.6. The van der Waals surface area contributed by atoms with Gasteiger partial charge in [-0.1, -0.05) is 231 Å². The van der Waals surface area contributed by atoms with E-state index in [2.05, 4.69) is 130 Å². The molecule has 0 saturated heterocycles. The third-order valence-corrected chi connectivity index (χ3v) is 11.6. The number of ether oxygens (including phenoxy) is 3. The van der Waals surface area contributed by atoms with E-state index in [1.807, 2.05) is 24.3 Å². The number of esters is 3. The van der Waals surface area contributed by atoms with Crippen LogP contribution in [0.5, 0.6) is 0 Å². The van der Waals surface area contributed by atoms with Gasteiger partial charge in [0.15, 0.2) is 6.10 Å². The van der Waals surface area contributed by atoms with Crippen LogP contribution in [0.1, 0.15) is 239 Å². The molecule has 0 saturated carbocycles. The van der Waals surface area contributed by atoms with Gasteiger partial charge in [0.25, 0.3) is 0 Å². The van der Waals surface area contributed by atoms with Crippen molar-refractivity contribution < 1.29 is 28.6 Å². The lowest BCUT2D eigenvalue weighted by atomic mass is 10.1. The monoisotopic (exact) mass is 981 g/mol. The minimum atomic E-state index is -0.855. The molecule has 0 amide bonds. The molecule has 0 aliphatic carbocycles. The number of rotatable bonds is 50. The molecule has 1 atom stereocenters. The first-order valence-corrected chi connectivity index (χ1v) is 28.7. The highest BCUT2D eigenvalue weighted by Gasteiger charge is 2.19. The van der Waals surface area contributed by atoms with Gasteiger partial charge in [0.05, 0.1) is 0 Å². The molecule has 6 heteroatoms. The third kappa shape index (κ3) is 56.3. The molecule has 400 valence electrons. The Hall–Kier alpha value is -4.45. The van der Waals surface area contributed by atoms with E-state index < -0.39 is 12.1 Å². The van der Waals surface area contributed by atoms with Crippen molar-refractivity contribution in [2.24, 2.45) is 0 Å². The van der Waals surface area contributed by atoms with Gasteiger partial charge in [0.1, 0.15) is 13.2 Å². The molecular formula is C65H104O6. The number of hydrogen-bond acceptors (Lipinski definition) is 6. The Bertz CT molecular complexity index is 1550. The largest absolute Gasteiger partial charge is 0.462 e. The molecule has 0 aromatic carbocycles. The molecule has 71 heavy (non-hydrogen) atoms. The zero-order chi connectivity index (χ0) is 51.4. The molecule has 0 unspecified atom stereocenters. The lowest BCUT2D eigenvalue weighted by molar-refractivity contribution is -0.166. The van der Waals surface area contributed by atoms with E-state index in [4.69, 9.17) is 14.2 Å². The van der Waals surface area contributed by atoms with Gasteiger partial charge in [0.2, 0.25) is 0 Å². The van der Waals surface area contributed by atoms with Crippen LogP contribution in [0.25, 0.3) is 0 Å². The van der Waals surface area contributed by atoms with Crippen molar-refractivity contribution in [3.8, 4) is 0 Å². The summed E-state index contributed by atoms with van der Waals surface area (Å²) in [6, 6.07) is 0. The first kappa shape index (κ1) is 66.6. The molecule has 0 bridgehead atoms. The van der Waals surface area contributed by atoms with E-state index in [1.54, 1.807) is 0 Å². The summed E-state index contributed by atoms with van der Waals surface area (Å²) in [5.74, 6) is -1.12. The standard InChI is InChI=1S/C65H104O6/c1-4-7-10-13-16-19-22-25-28-30-32-34-37-40-43-46-49-52-55-58-64(67)70-61-62(60-69-63(66)57-54-51-48-45-42-39-36-27-24-21-18-15-12-9-6-3)71-65(68)59-56-53-50-47-44-41-38-35-33-31-29-26-23-20-17-14-11-8-5-2/h16-17,19-21,24-26,28-29,32-35,40-41,43-44,49-50,52-53,62H,4-15,18,22-23,27,30-31,36-39,42,45-48,51,54-61H2,1-3H3/b19-16-,20-17-,24-21-,28-25-,29-26-,34-32-,35-33-,43-40-,44-41-,52-49-,53-50-/t62-/m0/s1. The smallest absolute Gasteiger partial charge is 0.306 e. The maximum atomic E-state index is 12.8. The lowest BCUT2D eigenvalue weighted by Gasteiger charge is -2.18. The molecule has 0 heterocycles. The van der Waals surface area contributed by atoms with Crippen molar-refractivity contribution in [2.75, 3.05) is 13.2 Å². The molecule has 0 aliphatic heterocycles. The zero-order valence-electron chi connectivity index (χ0n) is 45.7. The van der Waals surface area contributed by atoms with Crippen LogP contribution >= 0.6 is 0 Å². The fourth-order valence-electron chi connectivity index (χ4n) is 7.28. The first-order valence-electron chi connectivity index (χ1n) is 28.7. The quantitative estimate of drug-likeness (QED) is 0.0262. The van der Waals surface area contributed by atoms with Crippen LogP contribution in [0, 0.1) is 0 Å². The van der Waals surface area contributed by atoms with Crippen LogP contribution in [-0.2, 0) is 28.6 Å². The van der Waals surface area contributed by atoms with E-state index in [0.717, 1.165) is 70.6 Å². The summed E-state index contributed by atoms with van der Waals surface area (Å²) in [6.45, 7) is 6.43. The van der Waals surface area contributed by atoms with Crippen molar-refractivity contribution in [2.45, 2.75) is 245 Å². The second kappa shape index (κ2) is 58.1. The molecule has 0 spiro atoms. The summed E-state index contributed by atoms with van der Waals surface area (Å²) in [4.78, 5) is 38.1. The Morgan fingerprint density at radius 1 is 0.282 bits per heavy atom. The summed E-state index contributed by atoms with van der Waals surface area (Å²) in [7, 11) is 0. The molecule has 0 fully saturated rings. The van der Waals surface area contributed by atoms with Gasteiger partial charge >= 0.3 is 17.9 Å². The normalized spacial score (nSPS) is 13.1. The van der Waals surface area contributed by atoms with Crippen molar-refractivity contribution >= 4 is 17.9 Å². The van der Waals surface area contributed by atoms with Crippen LogP contribution in [0.4, 0.5) is 0 Å².